The van der Waals surface area contributed by atoms with Gasteiger partial charge >= 0.3 is 0 Å². The van der Waals surface area contributed by atoms with Crippen LogP contribution in [0.3, 0.4) is 0 Å². The third-order valence-corrected chi connectivity index (χ3v) is 4.17. The Labute approximate surface area is 115 Å². The monoisotopic (exact) mass is 287 g/mol. The molecule has 0 radical (unpaired) electrons. The van der Waals surface area contributed by atoms with Gasteiger partial charge in [0.15, 0.2) is 0 Å². The van der Waals surface area contributed by atoms with E-state index in [1.54, 1.807) is 0 Å². The lowest BCUT2D eigenvalue weighted by atomic mass is 9.90. The van der Waals surface area contributed by atoms with Crippen LogP contribution in [-0.2, 0) is 0 Å². The Kier molecular flexibility index (Phi) is 3.64. The summed E-state index contributed by atoms with van der Waals surface area (Å²) in [6.07, 6.45) is 1.66. The predicted molar refractivity (Wildman–Crippen MR) is 69.1 cm³/mol. The van der Waals surface area contributed by atoms with Crippen molar-refractivity contribution in [1.82, 2.24) is 15.4 Å². The molecular formula is C13H19F2N3O2. The number of aromatic amines is 1. The van der Waals surface area contributed by atoms with E-state index in [4.69, 9.17) is 4.52 Å². The molecule has 2 saturated heterocycles. The van der Waals surface area contributed by atoms with Gasteiger partial charge < -0.3 is 9.84 Å². The molecule has 0 unspecified atom stereocenters. The second kappa shape index (κ2) is 5.29. The highest BCUT2D eigenvalue weighted by Gasteiger charge is 2.39. The van der Waals surface area contributed by atoms with Gasteiger partial charge in [-0.05, 0) is 19.4 Å². The Bertz CT molecular complexity index is 514. The first-order valence-electron chi connectivity index (χ1n) is 7.04. The number of hydrogen-bond donors (Lipinski definition) is 2. The van der Waals surface area contributed by atoms with E-state index in [-0.39, 0.29) is 30.5 Å². The number of piperidine rings is 1. The Morgan fingerprint density at radius 1 is 1.50 bits per heavy atom. The largest absolute Gasteiger partial charge is 0.383 e. The van der Waals surface area contributed by atoms with E-state index >= 15 is 0 Å². The van der Waals surface area contributed by atoms with Crippen molar-refractivity contribution in [3.63, 3.8) is 0 Å². The predicted octanol–water partition coefficient (Wildman–Crippen LogP) is 1.14. The minimum absolute atomic E-state index is 0.0458. The molecule has 2 atom stereocenters. The van der Waals surface area contributed by atoms with Crippen molar-refractivity contribution in [3.8, 4) is 0 Å². The molecule has 7 heteroatoms. The Balaban J connectivity index is 1.57. The molecule has 0 bridgehead atoms. The Morgan fingerprint density at radius 3 is 3.00 bits per heavy atom. The minimum Gasteiger partial charge on any atom is -0.383 e. The van der Waals surface area contributed by atoms with Crippen molar-refractivity contribution in [2.75, 3.05) is 26.2 Å². The number of halogens is 2. The second-order valence-corrected chi connectivity index (χ2v) is 5.83. The van der Waals surface area contributed by atoms with Crippen LogP contribution in [0.2, 0.25) is 0 Å². The van der Waals surface area contributed by atoms with E-state index in [0.29, 0.717) is 18.8 Å². The number of nitrogens with one attached hydrogen (secondary N) is 2. The molecule has 5 nitrogen and oxygen atoms in total. The number of hydrogen-bond acceptors (Lipinski definition) is 4. The maximum Gasteiger partial charge on any atom is 0.280 e. The van der Waals surface area contributed by atoms with Gasteiger partial charge in [-0.3, -0.25) is 9.69 Å². The van der Waals surface area contributed by atoms with Crippen molar-refractivity contribution >= 4 is 0 Å². The van der Waals surface area contributed by atoms with Crippen LogP contribution in [0.4, 0.5) is 8.78 Å². The molecule has 0 aliphatic carbocycles. The fourth-order valence-corrected chi connectivity index (χ4v) is 3.18. The first kappa shape index (κ1) is 13.8. The Morgan fingerprint density at radius 2 is 2.35 bits per heavy atom. The number of H-pyrrole nitrogens is 1. The third-order valence-electron chi connectivity index (χ3n) is 4.17. The minimum atomic E-state index is -2.54. The van der Waals surface area contributed by atoms with Gasteiger partial charge in [0, 0.05) is 37.5 Å². The molecule has 0 aromatic carbocycles. The van der Waals surface area contributed by atoms with Crippen LogP contribution in [0.1, 0.15) is 30.9 Å². The lowest BCUT2D eigenvalue weighted by Crippen LogP contribution is -2.45. The molecule has 1 aromatic heterocycles. The zero-order chi connectivity index (χ0) is 14.2. The van der Waals surface area contributed by atoms with Gasteiger partial charge in [0.1, 0.15) is 5.76 Å². The summed E-state index contributed by atoms with van der Waals surface area (Å²) in [6, 6.07) is 1.65. The van der Waals surface area contributed by atoms with E-state index in [9.17, 15) is 13.6 Å². The highest BCUT2D eigenvalue weighted by Crippen LogP contribution is 2.30. The van der Waals surface area contributed by atoms with Crippen LogP contribution in [0.15, 0.2) is 15.4 Å². The van der Waals surface area contributed by atoms with Crippen LogP contribution in [0, 0.1) is 0 Å². The van der Waals surface area contributed by atoms with Crippen molar-refractivity contribution in [2.45, 2.75) is 37.1 Å². The fourth-order valence-electron chi connectivity index (χ4n) is 3.18. The Hall–Kier alpha value is -1.21. The summed E-state index contributed by atoms with van der Waals surface area (Å²) in [5.41, 5.74) is -0.228. The molecule has 0 spiro atoms. The molecule has 2 aliphatic heterocycles. The molecule has 2 N–H and O–H groups in total. The standard InChI is InChI=1S/C13H19F2N3O2/c14-13(15)2-4-18(8-13)7-10-5-9(1-3-16-10)11-6-12(19)17-20-11/h6,9-10,16H,1-5,7-8H2,(H,17,19)/t9-,10+/m0/s1. The van der Waals surface area contributed by atoms with E-state index < -0.39 is 5.92 Å². The van der Waals surface area contributed by atoms with E-state index in [1.165, 1.54) is 6.07 Å². The van der Waals surface area contributed by atoms with E-state index in [0.717, 1.165) is 19.4 Å². The van der Waals surface area contributed by atoms with Crippen molar-refractivity contribution in [2.24, 2.45) is 0 Å². The third kappa shape index (κ3) is 3.09. The summed E-state index contributed by atoms with van der Waals surface area (Å²) in [6.45, 7) is 1.75. The topological polar surface area (TPSA) is 61.3 Å². The lowest BCUT2D eigenvalue weighted by molar-refractivity contribution is 0.0111. The van der Waals surface area contributed by atoms with Crippen LogP contribution in [-0.4, -0.2) is 48.2 Å². The van der Waals surface area contributed by atoms with Gasteiger partial charge in [-0.25, -0.2) is 8.78 Å². The maximum atomic E-state index is 13.2. The van der Waals surface area contributed by atoms with Gasteiger partial charge in [0.2, 0.25) is 0 Å². The van der Waals surface area contributed by atoms with Gasteiger partial charge in [0.05, 0.1) is 6.54 Å². The van der Waals surface area contributed by atoms with Crippen LogP contribution in [0.5, 0.6) is 0 Å². The summed E-state index contributed by atoms with van der Waals surface area (Å²) in [5, 5.41) is 5.67. The molecule has 3 heterocycles. The first-order valence-corrected chi connectivity index (χ1v) is 7.04. The summed E-state index contributed by atoms with van der Waals surface area (Å²) in [5.74, 6) is -1.68. The quantitative estimate of drug-likeness (QED) is 0.875. The maximum absolute atomic E-state index is 13.2. The van der Waals surface area contributed by atoms with Crippen LogP contribution >= 0.6 is 0 Å². The van der Waals surface area contributed by atoms with Crippen molar-refractivity contribution in [1.29, 1.82) is 0 Å². The smallest absolute Gasteiger partial charge is 0.280 e. The zero-order valence-electron chi connectivity index (χ0n) is 11.2. The van der Waals surface area contributed by atoms with Gasteiger partial charge in [-0.1, -0.05) is 0 Å². The lowest BCUT2D eigenvalue weighted by Gasteiger charge is -2.31. The molecule has 2 fully saturated rings. The van der Waals surface area contributed by atoms with E-state index in [2.05, 4.69) is 10.5 Å². The van der Waals surface area contributed by atoms with Crippen LogP contribution in [0.25, 0.3) is 0 Å². The fraction of sp³-hybridized carbons (Fsp3) is 0.769. The number of rotatable bonds is 3. The number of aromatic nitrogens is 1. The molecule has 0 amide bonds. The summed E-state index contributed by atoms with van der Waals surface area (Å²) in [7, 11) is 0. The molecular weight excluding hydrogens is 268 g/mol. The average Bonchev–Trinajstić information content (AvgIpc) is 2.96. The number of likely N-dealkylation sites (tertiary alicyclic amines) is 1. The number of alkyl halides is 2. The molecule has 3 rings (SSSR count). The normalized spacial score (nSPS) is 30.7. The second-order valence-electron chi connectivity index (χ2n) is 5.83. The first-order chi connectivity index (χ1) is 9.52. The van der Waals surface area contributed by atoms with Gasteiger partial charge in [-0.2, -0.15) is 5.16 Å². The zero-order valence-corrected chi connectivity index (χ0v) is 11.2. The van der Waals surface area contributed by atoms with Crippen molar-refractivity contribution < 1.29 is 13.3 Å². The molecule has 20 heavy (non-hydrogen) atoms. The number of nitrogens with zero attached hydrogens (tertiary/aromatic N) is 1. The summed E-state index contributed by atoms with van der Waals surface area (Å²) < 4.78 is 31.5. The van der Waals surface area contributed by atoms with Crippen LogP contribution < -0.4 is 10.9 Å². The summed E-state index contributed by atoms with van der Waals surface area (Å²) >= 11 is 0. The molecule has 112 valence electrons. The molecule has 0 saturated carbocycles. The van der Waals surface area contributed by atoms with Gasteiger partial charge in [-0.15, -0.1) is 0 Å². The molecule has 1 aromatic rings. The van der Waals surface area contributed by atoms with Gasteiger partial charge in [0.25, 0.3) is 11.5 Å². The van der Waals surface area contributed by atoms with Crippen molar-refractivity contribution in [3.05, 3.63) is 22.2 Å². The average molecular weight is 287 g/mol. The highest BCUT2D eigenvalue weighted by atomic mass is 19.3. The molecule has 2 aliphatic rings. The summed E-state index contributed by atoms with van der Waals surface area (Å²) in [4.78, 5) is 12.9. The van der Waals surface area contributed by atoms with E-state index in [1.807, 2.05) is 4.90 Å². The SMILES string of the molecule is O=c1cc([C@H]2CCN[C@@H](CN3CCC(F)(F)C3)C2)o[nH]1. The highest BCUT2D eigenvalue weighted by molar-refractivity contribution is 5.05.